The Kier molecular flexibility index (Phi) is 3.47. The van der Waals surface area contributed by atoms with Crippen molar-refractivity contribution in [2.45, 2.75) is 6.42 Å². The summed E-state index contributed by atoms with van der Waals surface area (Å²) in [6, 6.07) is 7.06. The summed E-state index contributed by atoms with van der Waals surface area (Å²) in [4.78, 5) is 26.1. The molecule has 0 atom stereocenters. The second-order valence-corrected chi connectivity index (χ2v) is 4.84. The summed E-state index contributed by atoms with van der Waals surface area (Å²) in [5, 5.41) is 10.7. The van der Waals surface area contributed by atoms with E-state index in [1.54, 1.807) is 23.1 Å². The van der Waals surface area contributed by atoms with Crippen molar-refractivity contribution < 1.29 is 4.79 Å². The van der Waals surface area contributed by atoms with Crippen molar-refractivity contribution in [1.82, 2.24) is 20.4 Å². The molecule has 3 rings (SSSR count). The molecule has 1 aliphatic heterocycles. The average molecular weight is 272 g/mol. The number of H-pyrrole nitrogens is 1. The van der Waals surface area contributed by atoms with Crippen LogP contribution in [0.15, 0.2) is 29.1 Å². The summed E-state index contributed by atoms with van der Waals surface area (Å²) in [5.74, 6) is -0.124. The molecule has 1 amide bonds. The van der Waals surface area contributed by atoms with Crippen molar-refractivity contribution in [3.8, 4) is 0 Å². The van der Waals surface area contributed by atoms with Gasteiger partial charge in [0.15, 0.2) is 5.69 Å². The van der Waals surface area contributed by atoms with Gasteiger partial charge in [-0.15, -0.1) is 0 Å². The number of fused-ring (bicyclic) bond motifs is 1. The number of carbonyl (C=O) groups is 1. The van der Waals surface area contributed by atoms with Gasteiger partial charge in [0.1, 0.15) is 0 Å². The molecule has 1 saturated heterocycles. The van der Waals surface area contributed by atoms with Gasteiger partial charge in [-0.1, -0.05) is 18.2 Å². The second-order valence-electron chi connectivity index (χ2n) is 4.84. The minimum Gasteiger partial charge on any atom is -0.336 e. The molecule has 1 aromatic carbocycles. The first-order valence-electron chi connectivity index (χ1n) is 6.75. The molecule has 6 heteroatoms. The number of rotatable bonds is 1. The fraction of sp³-hybridized carbons (Fsp3) is 0.357. The summed E-state index contributed by atoms with van der Waals surface area (Å²) in [6.07, 6.45) is 0.924. The van der Waals surface area contributed by atoms with Crippen molar-refractivity contribution in [3.63, 3.8) is 0 Å². The van der Waals surface area contributed by atoms with E-state index < -0.39 is 0 Å². The zero-order valence-electron chi connectivity index (χ0n) is 11.1. The number of nitrogens with zero attached hydrogens (tertiary/aromatic N) is 2. The number of hydrogen-bond donors (Lipinski definition) is 2. The van der Waals surface area contributed by atoms with Crippen LogP contribution in [0.25, 0.3) is 10.8 Å². The molecular formula is C14H16N4O2. The molecule has 2 aromatic rings. The Labute approximate surface area is 115 Å². The first kappa shape index (κ1) is 12.8. The maximum Gasteiger partial charge on any atom is 0.274 e. The van der Waals surface area contributed by atoms with E-state index in [0.29, 0.717) is 29.6 Å². The summed E-state index contributed by atoms with van der Waals surface area (Å²) in [6.45, 7) is 3.07. The zero-order chi connectivity index (χ0) is 13.9. The third-order valence-corrected chi connectivity index (χ3v) is 3.53. The summed E-state index contributed by atoms with van der Waals surface area (Å²) < 4.78 is 0. The Morgan fingerprint density at radius 3 is 2.80 bits per heavy atom. The topological polar surface area (TPSA) is 78.1 Å². The van der Waals surface area contributed by atoms with E-state index in [1.807, 2.05) is 6.07 Å². The lowest BCUT2D eigenvalue weighted by molar-refractivity contribution is 0.0761. The average Bonchev–Trinajstić information content (AvgIpc) is 2.76. The van der Waals surface area contributed by atoms with Crippen LogP contribution in [-0.4, -0.2) is 47.2 Å². The lowest BCUT2D eigenvalue weighted by Gasteiger charge is -2.19. The van der Waals surface area contributed by atoms with Gasteiger partial charge in [-0.2, -0.15) is 5.10 Å². The molecule has 0 radical (unpaired) electrons. The van der Waals surface area contributed by atoms with E-state index in [4.69, 9.17) is 0 Å². The molecule has 104 valence electrons. The monoisotopic (exact) mass is 272 g/mol. The SMILES string of the molecule is O=C(c1n[nH]c(=O)c2ccccc12)N1CCCNCC1. The van der Waals surface area contributed by atoms with Crippen LogP contribution in [0.2, 0.25) is 0 Å². The maximum atomic E-state index is 12.6. The van der Waals surface area contributed by atoms with Crippen LogP contribution in [0.5, 0.6) is 0 Å². The van der Waals surface area contributed by atoms with Crippen molar-refractivity contribution in [1.29, 1.82) is 0 Å². The van der Waals surface area contributed by atoms with Crippen LogP contribution in [0.4, 0.5) is 0 Å². The summed E-state index contributed by atoms with van der Waals surface area (Å²) in [7, 11) is 0. The largest absolute Gasteiger partial charge is 0.336 e. The number of aromatic amines is 1. The Hall–Kier alpha value is -2.21. The maximum absolute atomic E-state index is 12.6. The fourth-order valence-corrected chi connectivity index (χ4v) is 2.48. The van der Waals surface area contributed by atoms with E-state index >= 15 is 0 Å². The Morgan fingerprint density at radius 1 is 1.15 bits per heavy atom. The highest BCUT2D eigenvalue weighted by Gasteiger charge is 2.21. The molecule has 0 unspecified atom stereocenters. The number of aromatic nitrogens is 2. The van der Waals surface area contributed by atoms with E-state index in [1.165, 1.54) is 0 Å². The molecule has 2 heterocycles. The Morgan fingerprint density at radius 2 is 1.95 bits per heavy atom. The van der Waals surface area contributed by atoms with Crippen molar-refractivity contribution in [3.05, 3.63) is 40.3 Å². The molecule has 2 N–H and O–H groups in total. The first-order valence-corrected chi connectivity index (χ1v) is 6.75. The van der Waals surface area contributed by atoms with Crippen LogP contribution < -0.4 is 10.9 Å². The number of hydrogen-bond acceptors (Lipinski definition) is 4. The lowest BCUT2D eigenvalue weighted by Crippen LogP contribution is -2.35. The smallest absolute Gasteiger partial charge is 0.274 e. The van der Waals surface area contributed by atoms with Crippen LogP contribution >= 0.6 is 0 Å². The Balaban J connectivity index is 2.03. The third kappa shape index (κ3) is 2.30. The molecule has 0 spiro atoms. The van der Waals surface area contributed by atoms with Gasteiger partial charge in [-0.3, -0.25) is 9.59 Å². The van der Waals surface area contributed by atoms with Crippen molar-refractivity contribution in [2.24, 2.45) is 0 Å². The number of carbonyl (C=O) groups excluding carboxylic acids is 1. The number of nitrogens with one attached hydrogen (secondary N) is 2. The quantitative estimate of drug-likeness (QED) is 0.785. The molecule has 1 aromatic heterocycles. The third-order valence-electron chi connectivity index (χ3n) is 3.53. The Bertz CT molecular complexity index is 687. The van der Waals surface area contributed by atoms with Gasteiger partial charge in [-0.25, -0.2) is 5.10 Å². The van der Waals surface area contributed by atoms with Crippen molar-refractivity contribution in [2.75, 3.05) is 26.2 Å². The van der Waals surface area contributed by atoms with Gasteiger partial charge in [-0.05, 0) is 19.0 Å². The minimum absolute atomic E-state index is 0.124. The fourth-order valence-electron chi connectivity index (χ4n) is 2.48. The standard InChI is InChI=1S/C14H16N4O2/c19-13-11-5-2-1-4-10(11)12(16-17-13)14(20)18-8-3-6-15-7-9-18/h1-2,4-5,15H,3,6-9H2,(H,17,19). The molecule has 0 saturated carbocycles. The van der Waals surface area contributed by atoms with E-state index in [0.717, 1.165) is 19.5 Å². The van der Waals surface area contributed by atoms with Gasteiger partial charge >= 0.3 is 0 Å². The molecule has 0 bridgehead atoms. The number of amides is 1. The molecule has 1 fully saturated rings. The molecule has 20 heavy (non-hydrogen) atoms. The van der Waals surface area contributed by atoms with Gasteiger partial charge in [0.2, 0.25) is 0 Å². The molecule has 1 aliphatic rings. The van der Waals surface area contributed by atoms with Gasteiger partial charge in [0.25, 0.3) is 11.5 Å². The molecular weight excluding hydrogens is 256 g/mol. The van der Waals surface area contributed by atoms with E-state index in [-0.39, 0.29) is 11.5 Å². The van der Waals surface area contributed by atoms with Gasteiger partial charge in [0, 0.05) is 25.0 Å². The lowest BCUT2D eigenvalue weighted by atomic mass is 10.1. The minimum atomic E-state index is -0.269. The van der Waals surface area contributed by atoms with Gasteiger partial charge in [0.05, 0.1) is 5.39 Å². The second kappa shape index (κ2) is 5.42. The summed E-state index contributed by atoms with van der Waals surface area (Å²) >= 11 is 0. The van der Waals surface area contributed by atoms with Gasteiger partial charge < -0.3 is 10.2 Å². The van der Waals surface area contributed by atoms with Crippen molar-refractivity contribution >= 4 is 16.7 Å². The predicted octanol–water partition coefficient (Wildman–Crippen LogP) is 0.359. The first-order chi connectivity index (χ1) is 9.77. The molecule has 6 nitrogen and oxygen atoms in total. The van der Waals surface area contributed by atoms with E-state index in [2.05, 4.69) is 15.5 Å². The predicted molar refractivity (Wildman–Crippen MR) is 75.8 cm³/mol. The van der Waals surface area contributed by atoms with Crippen LogP contribution in [0, 0.1) is 0 Å². The molecule has 0 aliphatic carbocycles. The van der Waals surface area contributed by atoms with Crippen LogP contribution in [0.3, 0.4) is 0 Å². The normalized spacial score (nSPS) is 16.1. The van der Waals surface area contributed by atoms with Crippen LogP contribution in [0.1, 0.15) is 16.9 Å². The van der Waals surface area contributed by atoms with Crippen LogP contribution in [-0.2, 0) is 0 Å². The summed E-state index contributed by atoms with van der Waals surface area (Å²) in [5.41, 5.74) is 0.0526. The highest BCUT2D eigenvalue weighted by atomic mass is 16.2. The van der Waals surface area contributed by atoms with E-state index in [9.17, 15) is 9.59 Å². The number of benzene rings is 1. The highest BCUT2D eigenvalue weighted by Crippen LogP contribution is 2.14. The highest BCUT2D eigenvalue weighted by molar-refractivity contribution is 6.04. The zero-order valence-corrected chi connectivity index (χ0v) is 11.1.